The van der Waals surface area contributed by atoms with Crippen LogP contribution in [0.5, 0.6) is 5.75 Å². The van der Waals surface area contributed by atoms with Gasteiger partial charge >= 0.3 is 0 Å². The summed E-state index contributed by atoms with van der Waals surface area (Å²) in [5, 5.41) is 7.76. The summed E-state index contributed by atoms with van der Waals surface area (Å²) in [4.78, 5) is 8.05. The second-order valence-electron chi connectivity index (χ2n) is 8.00. The van der Waals surface area contributed by atoms with E-state index in [4.69, 9.17) is 4.74 Å². The summed E-state index contributed by atoms with van der Waals surface area (Å²) >= 11 is 0. The third kappa shape index (κ3) is 9.59. The second kappa shape index (κ2) is 13.4. The summed E-state index contributed by atoms with van der Waals surface area (Å²) in [6, 6.07) is 10.2. The number of ether oxygens (including phenoxy) is 1. The molecule has 0 aliphatic carbocycles. The van der Waals surface area contributed by atoms with Crippen molar-refractivity contribution in [3.05, 3.63) is 77.6 Å². The normalized spacial score (nSPS) is 10.2. The maximum atomic E-state index is 5.00. The molecule has 0 fully saturated rings. The molecule has 3 rings (SSSR count). The van der Waals surface area contributed by atoms with E-state index in [-0.39, 0.29) is 0 Å². The summed E-state index contributed by atoms with van der Waals surface area (Å²) in [5.74, 6) is 2.40. The molecule has 0 atom stereocenters. The van der Waals surface area contributed by atoms with Gasteiger partial charge < -0.3 is 4.74 Å². The molecule has 5 heteroatoms. The Morgan fingerprint density at radius 1 is 0.767 bits per heavy atom. The number of hydrogen-bond donors (Lipinski definition) is 0. The number of hydrogen-bond acceptors (Lipinski definition) is 5. The van der Waals surface area contributed by atoms with Gasteiger partial charge in [0.25, 0.3) is 0 Å². The zero-order valence-electron chi connectivity index (χ0n) is 19.6. The van der Waals surface area contributed by atoms with E-state index >= 15 is 0 Å². The average molecular weight is 409 g/mol. The molecule has 0 aromatic carbocycles. The minimum atomic E-state index is 0.401. The number of aryl methyl sites for hydroxylation is 1. The molecule has 3 aromatic heterocycles. The van der Waals surface area contributed by atoms with Crippen molar-refractivity contribution < 1.29 is 4.74 Å². The predicted molar refractivity (Wildman–Crippen MR) is 124 cm³/mol. The number of methoxy groups -OCH3 is 1. The van der Waals surface area contributed by atoms with E-state index in [1.807, 2.05) is 43.7 Å². The van der Waals surface area contributed by atoms with E-state index in [1.165, 1.54) is 11.1 Å². The van der Waals surface area contributed by atoms with Gasteiger partial charge in [-0.2, -0.15) is 10.2 Å². The van der Waals surface area contributed by atoms with Crippen LogP contribution in [0, 0.1) is 6.92 Å². The van der Waals surface area contributed by atoms with Crippen molar-refractivity contribution in [1.82, 2.24) is 20.2 Å². The Morgan fingerprint density at radius 3 is 1.80 bits per heavy atom. The Labute approximate surface area is 182 Å². The first-order chi connectivity index (χ1) is 14.2. The minimum Gasteiger partial charge on any atom is -0.495 e. The maximum absolute atomic E-state index is 5.00. The van der Waals surface area contributed by atoms with Gasteiger partial charge in [-0.3, -0.25) is 9.97 Å². The SMILES string of the molecule is CC(C)c1ccncc1.COc1cnnc(C(C)C)c1.Cc1cc(C(C)C)ccn1. The van der Waals surface area contributed by atoms with Crippen LogP contribution in [0.25, 0.3) is 0 Å². The number of pyridine rings is 2. The van der Waals surface area contributed by atoms with Crippen LogP contribution in [0.4, 0.5) is 0 Å². The van der Waals surface area contributed by atoms with E-state index in [0.717, 1.165) is 17.1 Å². The van der Waals surface area contributed by atoms with Crippen molar-refractivity contribution in [1.29, 1.82) is 0 Å². The highest BCUT2D eigenvalue weighted by atomic mass is 16.5. The summed E-state index contributed by atoms with van der Waals surface area (Å²) in [7, 11) is 1.63. The van der Waals surface area contributed by atoms with Gasteiger partial charge in [0.05, 0.1) is 19.0 Å². The first kappa shape index (κ1) is 25.2. The molecule has 0 amide bonds. The van der Waals surface area contributed by atoms with Gasteiger partial charge in [0.1, 0.15) is 5.75 Å². The summed E-state index contributed by atoms with van der Waals surface area (Å²) in [6.07, 6.45) is 7.13. The third-order valence-corrected chi connectivity index (χ3v) is 4.44. The van der Waals surface area contributed by atoms with Gasteiger partial charge in [0.15, 0.2) is 0 Å². The lowest BCUT2D eigenvalue weighted by Crippen LogP contribution is -1.95. The highest BCUT2D eigenvalue weighted by molar-refractivity contribution is 5.20. The van der Waals surface area contributed by atoms with Crippen molar-refractivity contribution in [3.63, 3.8) is 0 Å². The van der Waals surface area contributed by atoms with E-state index < -0.39 is 0 Å². The van der Waals surface area contributed by atoms with Crippen LogP contribution in [-0.2, 0) is 0 Å². The van der Waals surface area contributed by atoms with E-state index in [1.54, 1.807) is 13.3 Å². The largest absolute Gasteiger partial charge is 0.495 e. The Bertz CT molecular complexity index is 849. The Balaban J connectivity index is 0.000000226. The summed E-state index contributed by atoms with van der Waals surface area (Å²) in [5.41, 5.74) is 4.79. The lowest BCUT2D eigenvalue weighted by Gasteiger charge is -2.03. The fraction of sp³-hybridized carbons (Fsp3) is 0.440. The third-order valence-electron chi connectivity index (χ3n) is 4.44. The van der Waals surface area contributed by atoms with Gasteiger partial charge in [0.2, 0.25) is 0 Å². The van der Waals surface area contributed by atoms with Crippen molar-refractivity contribution >= 4 is 0 Å². The van der Waals surface area contributed by atoms with Crippen molar-refractivity contribution in [2.24, 2.45) is 0 Å². The molecule has 0 aliphatic rings. The van der Waals surface area contributed by atoms with Crippen molar-refractivity contribution in [2.45, 2.75) is 66.2 Å². The maximum Gasteiger partial charge on any atom is 0.140 e. The molecule has 0 bridgehead atoms. The van der Waals surface area contributed by atoms with Crippen LogP contribution < -0.4 is 4.74 Å². The Kier molecular flexibility index (Phi) is 11.3. The fourth-order valence-electron chi connectivity index (χ4n) is 2.43. The fourth-order valence-corrected chi connectivity index (χ4v) is 2.43. The molecular weight excluding hydrogens is 372 g/mol. The zero-order valence-corrected chi connectivity index (χ0v) is 19.6. The number of nitrogens with zero attached hydrogens (tertiary/aromatic N) is 4. The Morgan fingerprint density at radius 2 is 1.37 bits per heavy atom. The van der Waals surface area contributed by atoms with E-state index in [9.17, 15) is 0 Å². The highest BCUT2D eigenvalue weighted by Gasteiger charge is 2.02. The van der Waals surface area contributed by atoms with Crippen molar-refractivity contribution in [2.75, 3.05) is 7.11 Å². The van der Waals surface area contributed by atoms with E-state index in [2.05, 4.69) is 73.8 Å². The van der Waals surface area contributed by atoms with Gasteiger partial charge in [-0.1, -0.05) is 41.5 Å². The molecule has 0 saturated heterocycles. The zero-order chi connectivity index (χ0) is 22.5. The molecule has 0 unspecified atom stereocenters. The van der Waals surface area contributed by atoms with Crippen LogP contribution in [0.2, 0.25) is 0 Å². The van der Waals surface area contributed by atoms with Crippen LogP contribution >= 0.6 is 0 Å². The van der Waals surface area contributed by atoms with Crippen LogP contribution in [0.15, 0.2) is 55.1 Å². The highest BCUT2D eigenvalue weighted by Crippen LogP contribution is 2.15. The molecule has 0 aliphatic heterocycles. The minimum absolute atomic E-state index is 0.401. The Hall–Kier alpha value is -2.82. The topological polar surface area (TPSA) is 60.8 Å². The second-order valence-corrected chi connectivity index (χ2v) is 8.00. The monoisotopic (exact) mass is 408 g/mol. The molecule has 30 heavy (non-hydrogen) atoms. The molecular formula is C25H36N4O. The van der Waals surface area contributed by atoms with Crippen molar-refractivity contribution in [3.8, 4) is 5.75 Å². The molecule has 3 aromatic rings. The van der Waals surface area contributed by atoms with Gasteiger partial charge in [0, 0.05) is 30.4 Å². The predicted octanol–water partition coefficient (Wildman–Crippen LogP) is 6.33. The van der Waals surface area contributed by atoms with Gasteiger partial charge in [-0.05, 0) is 60.1 Å². The quantitative estimate of drug-likeness (QED) is 0.505. The lowest BCUT2D eigenvalue weighted by molar-refractivity contribution is 0.410. The van der Waals surface area contributed by atoms with Gasteiger partial charge in [-0.15, -0.1) is 0 Å². The number of rotatable bonds is 4. The van der Waals surface area contributed by atoms with E-state index in [0.29, 0.717) is 17.8 Å². The van der Waals surface area contributed by atoms with Gasteiger partial charge in [-0.25, -0.2) is 0 Å². The number of aromatic nitrogens is 4. The van der Waals surface area contributed by atoms with Crippen LogP contribution in [0.3, 0.4) is 0 Å². The smallest absolute Gasteiger partial charge is 0.140 e. The molecule has 0 radical (unpaired) electrons. The lowest BCUT2D eigenvalue weighted by atomic mass is 10.0. The van der Waals surface area contributed by atoms with Crippen LogP contribution in [-0.4, -0.2) is 27.3 Å². The molecule has 0 saturated carbocycles. The first-order valence-electron chi connectivity index (χ1n) is 10.4. The summed E-state index contributed by atoms with van der Waals surface area (Å²) < 4.78 is 5.00. The molecule has 5 nitrogen and oxygen atoms in total. The average Bonchev–Trinajstić information content (AvgIpc) is 2.75. The molecule has 0 spiro atoms. The molecule has 3 heterocycles. The summed E-state index contributed by atoms with van der Waals surface area (Å²) in [6.45, 7) is 14.9. The standard InChI is InChI=1S/C9H13N.C8H12N2O.C8H11N/c1-7(2)9-4-5-10-8(3)6-9;1-6(2)8-4-7(11-3)5-9-10-8;1-7(2)8-3-5-9-6-4-8/h4-7H,1-3H3;4-6H,1-3H3;3-7H,1-2H3. The van der Waals surface area contributed by atoms with Crippen LogP contribution in [0.1, 0.15) is 81.8 Å². The molecule has 0 N–H and O–H groups in total. The molecule has 162 valence electrons. The first-order valence-corrected chi connectivity index (χ1v) is 10.4.